The molecule has 3 nitrogen and oxygen atoms in total. The monoisotopic (exact) mass is 279 g/mol. The van der Waals surface area contributed by atoms with Crippen LogP contribution < -0.4 is 0 Å². The maximum absolute atomic E-state index is 10.7. The molecule has 0 unspecified atom stereocenters. The molecule has 0 aromatic heterocycles. The van der Waals surface area contributed by atoms with Gasteiger partial charge in [0.15, 0.2) is 0 Å². The van der Waals surface area contributed by atoms with Crippen molar-refractivity contribution in [3.63, 3.8) is 0 Å². The number of thioether (sulfide) groups is 1. The van der Waals surface area contributed by atoms with Crippen LogP contribution in [0.15, 0.2) is 53.4 Å². The lowest BCUT2D eigenvalue weighted by atomic mass is 10.2. The Kier molecular flexibility index (Phi) is 4.23. The number of halogens is 1. The molecule has 0 aliphatic heterocycles. The van der Waals surface area contributed by atoms with Crippen LogP contribution in [0, 0.1) is 10.1 Å². The smallest absolute Gasteiger partial charge is 0.258 e. The van der Waals surface area contributed by atoms with Crippen molar-refractivity contribution in [1.82, 2.24) is 0 Å². The molecule has 0 aliphatic rings. The van der Waals surface area contributed by atoms with Gasteiger partial charge in [-0.1, -0.05) is 29.8 Å². The highest BCUT2D eigenvalue weighted by molar-refractivity contribution is 7.98. The minimum absolute atomic E-state index is 0.124. The second kappa shape index (κ2) is 5.89. The van der Waals surface area contributed by atoms with Gasteiger partial charge in [0.05, 0.1) is 4.92 Å². The summed E-state index contributed by atoms with van der Waals surface area (Å²) in [6.45, 7) is 0. The van der Waals surface area contributed by atoms with Crippen LogP contribution in [0.25, 0.3) is 0 Å². The van der Waals surface area contributed by atoms with Crippen LogP contribution in [0.2, 0.25) is 5.02 Å². The first-order chi connectivity index (χ1) is 8.65. The first-order valence-corrected chi connectivity index (χ1v) is 6.63. The number of hydrogen-bond donors (Lipinski definition) is 0. The van der Waals surface area contributed by atoms with Crippen LogP contribution in [0.5, 0.6) is 0 Å². The van der Waals surface area contributed by atoms with Gasteiger partial charge in [0.1, 0.15) is 0 Å². The Balaban J connectivity index is 2.06. The number of rotatable bonds is 4. The highest BCUT2D eigenvalue weighted by atomic mass is 35.5. The van der Waals surface area contributed by atoms with Gasteiger partial charge in [-0.2, -0.15) is 0 Å². The molecule has 0 fully saturated rings. The number of nitrogens with zero attached hydrogens (tertiary/aromatic N) is 1. The van der Waals surface area contributed by atoms with E-state index in [-0.39, 0.29) is 10.6 Å². The Bertz CT molecular complexity index is 574. The van der Waals surface area contributed by atoms with Crippen molar-refractivity contribution in [3.05, 3.63) is 69.2 Å². The molecular weight excluding hydrogens is 270 g/mol. The van der Waals surface area contributed by atoms with Gasteiger partial charge in [-0.05, 0) is 23.8 Å². The van der Waals surface area contributed by atoms with Gasteiger partial charge >= 0.3 is 0 Å². The molecular formula is C13H10ClNO2S. The molecule has 0 aliphatic carbocycles. The molecule has 0 amide bonds. The molecule has 0 saturated heterocycles. The standard InChI is InChI=1S/C13H10ClNO2S/c14-11-4-2-6-13(8-11)18-9-10-3-1-5-12(7-10)15(16)17/h1-8H,9H2. The largest absolute Gasteiger partial charge is 0.269 e. The lowest BCUT2D eigenvalue weighted by Crippen LogP contribution is -1.89. The van der Waals surface area contributed by atoms with Crippen molar-refractivity contribution in [2.24, 2.45) is 0 Å². The maximum atomic E-state index is 10.7. The van der Waals surface area contributed by atoms with Crippen LogP contribution in [0.4, 0.5) is 5.69 Å². The first-order valence-electron chi connectivity index (χ1n) is 5.27. The van der Waals surface area contributed by atoms with Crippen molar-refractivity contribution in [1.29, 1.82) is 0 Å². The van der Waals surface area contributed by atoms with Gasteiger partial charge in [-0.25, -0.2) is 0 Å². The number of nitro groups is 1. The molecule has 2 rings (SSSR count). The van der Waals surface area contributed by atoms with E-state index in [1.54, 1.807) is 23.9 Å². The fourth-order valence-electron chi connectivity index (χ4n) is 1.48. The fraction of sp³-hybridized carbons (Fsp3) is 0.0769. The van der Waals surface area contributed by atoms with Crippen molar-refractivity contribution in [2.45, 2.75) is 10.6 Å². The van der Waals surface area contributed by atoms with E-state index < -0.39 is 0 Å². The van der Waals surface area contributed by atoms with E-state index in [0.717, 1.165) is 10.5 Å². The van der Waals surface area contributed by atoms with Crippen molar-refractivity contribution < 1.29 is 4.92 Å². The molecule has 0 saturated carbocycles. The molecule has 92 valence electrons. The normalized spacial score (nSPS) is 10.3. The van der Waals surface area contributed by atoms with Crippen molar-refractivity contribution in [3.8, 4) is 0 Å². The quantitative estimate of drug-likeness (QED) is 0.469. The Morgan fingerprint density at radius 2 is 1.94 bits per heavy atom. The van der Waals surface area contributed by atoms with Crippen LogP contribution in [0.3, 0.4) is 0 Å². The zero-order valence-corrected chi connectivity index (χ0v) is 10.9. The summed E-state index contributed by atoms with van der Waals surface area (Å²) in [7, 11) is 0. The van der Waals surface area contributed by atoms with Crippen molar-refractivity contribution >= 4 is 29.1 Å². The molecule has 18 heavy (non-hydrogen) atoms. The predicted molar refractivity (Wildman–Crippen MR) is 74.1 cm³/mol. The van der Waals surface area contributed by atoms with Gasteiger partial charge in [0, 0.05) is 27.8 Å². The average molecular weight is 280 g/mol. The molecule has 0 bridgehead atoms. The van der Waals surface area contributed by atoms with E-state index >= 15 is 0 Å². The van der Waals surface area contributed by atoms with E-state index in [0.29, 0.717) is 10.8 Å². The van der Waals surface area contributed by atoms with Gasteiger partial charge in [-0.15, -0.1) is 11.8 Å². The van der Waals surface area contributed by atoms with Crippen LogP contribution in [-0.4, -0.2) is 4.92 Å². The van der Waals surface area contributed by atoms with Crippen LogP contribution in [0.1, 0.15) is 5.56 Å². The third-order valence-corrected chi connectivity index (χ3v) is 3.62. The molecule has 0 N–H and O–H groups in total. The minimum atomic E-state index is -0.381. The molecule has 0 radical (unpaired) electrons. The highest BCUT2D eigenvalue weighted by Gasteiger charge is 2.05. The third kappa shape index (κ3) is 3.48. The third-order valence-electron chi connectivity index (χ3n) is 2.32. The number of nitro benzene ring substituents is 1. The Morgan fingerprint density at radius 3 is 2.67 bits per heavy atom. The molecule has 0 heterocycles. The van der Waals surface area contributed by atoms with E-state index in [9.17, 15) is 10.1 Å². The van der Waals surface area contributed by atoms with Crippen LogP contribution >= 0.6 is 23.4 Å². The summed E-state index contributed by atoms with van der Waals surface area (Å²) >= 11 is 7.49. The van der Waals surface area contributed by atoms with E-state index in [2.05, 4.69) is 0 Å². The molecule has 5 heteroatoms. The Labute approximate surface area is 114 Å². The fourth-order valence-corrected chi connectivity index (χ4v) is 2.64. The molecule has 2 aromatic carbocycles. The number of benzene rings is 2. The topological polar surface area (TPSA) is 43.1 Å². The van der Waals surface area contributed by atoms with Gasteiger partial charge < -0.3 is 0 Å². The summed E-state index contributed by atoms with van der Waals surface area (Å²) in [5.41, 5.74) is 1.05. The predicted octanol–water partition coefficient (Wildman–Crippen LogP) is 4.54. The molecule has 0 spiro atoms. The zero-order valence-electron chi connectivity index (χ0n) is 9.38. The second-order valence-electron chi connectivity index (χ2n) is 3.67. The molecule has 2 aromatic rings. The summed E-state index contributed by atoms with van der Waals surface area (Å²) in [5.74, 6) is 0.683. The average Bonchev–Trinajstić information content (AvgIpc) is 2.37. The highest BCUT2D eigenvalue weighted by Crippen LogP contribution is 2.26. The van der Waals surface area contributed by atoms with Gasteiger partial charge in [0.2, 0.25) is 0 Å². The van der Waals surface area contributed by atoms with Crippen LogP contribution in [-0.2, 0) is 5.75 Å². The summed E-state index contributed by atoms with van der Waals surface area (Å²) in [4.78, 5) is 11.3. The second-order valence-corrected chi connectivity index (χ2v) is 5.16. The van der Waals surface area contributed by atoms with Crippen molar-refractivity contribution in [2.75, 3.05) is 0 Å². The summed E-state index contributed by atoms with van der Waals surface area (Å²) in [5, 5.41) is 11.3. The lowest BCUT2D eigenvalue weighted by Gasteiger charge is -2.02. The van der Waals surface area contributed by atoms with E-state index in [4.69, 9.17) is 11.6 Å². The Hall–Kier alpha value is -1.52. The SMILES string of the molecule is O=[N+]([O-])c1cccc(CSc2cccc(Cl)c2)c1. The maximum Gasteiger partial charge on any atom is 0.269 e. The van der Waals surface area contributed by atoms with E-state index in [1.807, 2.05) is 30.3 Å². The summed E-state index contributed by atoms with van der Waals surface area (Å²) in [6, 6.07) is 14.2. The number of non-ortho nitro benzene ring substituents is 1. The van der Waals surface area contributed by atoms with Gasteiger partial charge in [0.25, 0.3) is 5.69 Å². The molecule has 0 atom stereocenters. The summed E-state index contributed by atoms with van der Waals surface area (Å²) < 4.78 is 0. The van der Waals surface area contributed by atoms with E-state index in [1.165, 1.54) is 6.07 Å². The Morgan fingerprint density at radius 1 is 1.17 bits per heavy atom. The summed E-state index contributed by atoms with van der Waals surface area (Å²) in [6.07, 6.45) is 0. The lowest BCUT2D eigenvalue weighted by molar-refractivity contribution is -0.384. The number of hydrogen-bond acceptors (Lipinski definition) is 3. The zero-order chi connectivity index (χ0) is 13.0. The minimum Gasteiger partial charge on any atom is -0.258 e. The first kappa shape index (κ1) is 12.9. The van der Waals surface area contributed by atoms with Gasteiger partial charge in [-0.3, -0.25) is 10.1 Å².